The number of rotatable bonds is 1. The third-order valence-electron chi connectivity index (χ3n) is 4.42. The molecule has 0 unspecified atom stereocenters. The highest BCUT2D eigenvalue weighted by Crippen LogP contribution is 2.26. The van der Waals surface area contributed by atoms with E-state index in [1.165, 1.54) is 0 Å². The lowest BCUT2D eigenvalue weighted by molar-refractivity contribution is 0.0781. The summed E-state index contributed by atoms with van der Waals surface area (Å²) in [6.45, 7) is 4.78. The first-order chi connectivity index (χ1) is 11.0. The van der Waals surface area contributed by atoms with Gasteiger partial charge in [-0.25, -0.2) is 9.50 Å². The zero-order valence-electron chi connectivity index (χ0n) is 13.5. The zero-order valence-corrected chi connectivity index (χ0v) is 13.5. The minimum absolute atomic E-state index is 0.0997. The third kappa shape index (κ3) is 2.20. The van der Waals surface area contributed by atoms with Crippen LogP contribution in [0.2, 0.25) is 0 Å². The molecular formula is C18H18N4O. The molecule has 1 aliphatic heterocycles. The van der Waals surface area contributed by atoms with Crippen molar-refractivity contribution in [2.45, 2.75) is 20.3 Å². The molecule has 1 amide bonds. The molecule has 1 aromatic carbocycles. The lowest BCUT2D eigenvalue weighted by Crippen LogP contribution is -2.34. The quantitative estimate of drug-likeness (QED) is 0.694. The molecule has 0 radical (unpaired) electrons. The number of imidazole rings is 1. The van der Waals surface area contributed by atoms with Crippen molar-refractivity contribution >= 4 is 11.6 Å². The Morgan fingerprint density at radius 2 is 2.00 bits per heavy atom. The van der Waals surface area contributed by atoms with Gasteiger partial charge in [0.2, 0.25) is 0 Å². The lowest BCUT2D eigenvalue weighted by Gasteiger charge is -2.25. The van der Waals surface area contributed by atoms with Gasteiger partial charge in [0.25, 0.3) is 5.91 Å². The SMILES string of the molecule is Cc1cn2nc(-c3ccc4c(c3)CCN(C)C4=O)cc(C)c2n1. The standard InChI is InChI=1S/C18H18N4O/c1-11-8-16(20-22-10-12(2)19-17(11)22)14-4-5-15-13(9-14)6-7-21(3)18(15)23/h4-5,8-10H,6-7H2,1-3H3. The normalized spacial score (nSPS) is 14.4. The summed E-state index contributed by atoms with van der Waals surface area (Å²) in [4.78, 5) is 18.4. The smallest absolute Gasteiger partial charge is 0.253 e. The first-order valence-corrected chi connectivity index (χ1v) is 7.75. The third-order valence-corrected chi connectivity index (χ3v) is 4.42. The van der Waals surface area contributed by atoms with E-state index in [4.69, 9.17) is 0 Å². The summed E-state index contributed by atoms with van der Waals surface area (Å²) in [6.07, 6.45) is 2.82. The number of likely N-dealkylation sites (N-methyl/N-ethyl adjacent to an activating group) is 1. The molecule has 0 N–H and O–H groups in total. The summed E-state index contributed by atoms with van der Waals surface area (Å²) in [5.74, 6) is 0.0997. The minimum Gasteiger partial charge on any atom is -0.341 e. The number of aromatic nitrogens is 3. The summed E-state index contributed by atoms with van der Waals surface area (Å²) in [5.41, 5.74) is 6.79. The molecule has 2 aromatic heterocycles. The van der Waals surface area contributed by atoms with E-state index >= 15 is 0 Å². The second-order valence-corrected chi connectivity index (χ2v) is 6.21. The van der Waals surface area contributed by atoms with Crippen LogP contribution in [0.3, 0.4) is 0 Å². The van der Waals surface area contributed by atoms with Gasteiger partial charge in [-0.1, -0.05) is 6.07 Å². The molecule has 0 atom stereocenters. The molecular weight excluding hydrogens is 288 g/mol. The van der Waals surface area contributed by atoms with Crippen molar-refractivity contribution in [3.8, 4) is 11.3 Å². The van der Waals surface area contributed by atoms with Crippen molar-refractivity contribution in [1.29, 1.82) is 0 Å². The highest BCUT2D eigenvalue weighted by molar-refractivity contribution is 5.97. The summed E-state index contributed by atoms with van der Waals surface area (Å²) in [7, 11) is 1.85. The van der Waals surface area contributed by atoms with E-state index in [0.717, 1.165) is 52.3 Å². The molecule has 23 heavy (non-hydrogen) atoms. The Morgan fingerprint density at radius 1 is 1.17 bits per heavy atom. The fraction of sp³-hybridized carbons (Fsp3) is 0.278. The van der Waals surface area contributed by atoms with Crippen molar-refractivity contribution < 1.29 is 4.79 Å². The number of carbonyl (C=O) groups is 1. The Bertz CT molecular complexity index is 942. The molecule has 3 aromatic rings. The second-order valence-electron chi connectivity index (χ2n) is 6.21. The van der Waals surface area contributed by atoms with Crippen LogP contribution in [0.4, 0.5) is 0 Å². The fourth-order valence-electron chi connectivity index (χ4n) is 3.15. The summed E-state index contributed by atoms with van der Waals surface area (Å²) in [6, 6.07) is 8.05. The summed E-state index contributed by atoms with van der Waals surface area (Å²) in [5, 5.41) is 4.67. The maximum absolute atomic E-state index is 12.2. The first kappa shape index (κ1) is 13.9. The number of hydrogen-bond donors (Lipinski definition) is 0. The molecule has 0 bridgehead atoms. The maximum Gasteiger partial charge on any atom is 0.253 e. The van der Waals surface area contributed by atoms with Gasteiger partial charge in [0, 0.05) is 24.7 Å². The molecule has 0 aliphatic carbocycles. The van der Waals surface area contributed by atoms with Crippen LogP contribution >= 0.6 is 0 Å². The van der Waals surface area contributed by atoms with Gasteiger partial charge in [0.05, 0.1) is 17.6 Å². The second kappa shape index (κ2) is 4.91. The van der Waals surface area contributed by atoms with E-state index in [9.17, 15) is 4.79 Å². The van der Waals surface area contributed by atoms with E-state index in [-0.39, 0.29) is 5.91 Å². The van der Waals surface area contributed by atoms with Gasteiger partial charge in [-0.2, -0.15) is 5.10 Å². The Kier molecular flexibility index (Phi) is 2.98. The van der Waals surface area contributed by atoms with Crippen LogP contribution in [0.15, 0.2) is 30.5 Å². The predicted octanol–water partition coefficient (Wildman–Crippen LogP) is 2.64. The number of amides is 1. The number of hydrogen-bond acceptors (Lipinski definition) is 3. The predicted molar refractivity (Wildman–Crippen MR) is 88.6 cm³/mol. The van der Waals surface area contributed by atoms with Crippen LogP contribution in [0, 0.1) is 13.8 Å². The van der Waals surface area contributed by atoms with Crippen LogP contribution < -0.4 is 0 Å². The van der Waals surface area contributed by atoms with Gasteiger partial charge in [-0.3, -0.25) is 4.79 Å². The van der Waals surface area contributed by atoms with Gasteiger partial charge in [0.15, 0.2) is 5.65 Å². The molecule has 4 rings (SSSR count). The summed E-state index contributed by atoms with van der Waals surface area (Å²) >= 11 is 0. The molecule has 0 spiro atoms. The highest BCUT2D eigenvalue weighted by atomic mass is 16.2. The van der Waals surface area contributed by atoms with Crippen molar-refractivity contribution in [2.75, 3.05) is 13.6 Å². The number of fused-ring (bicyclic) bond motifs is 2. The molecule has 5 heteroatoms. The van der Waals surface area contributed by atoms with E-state index in [0.29, 0.717) is 0 Å². The van der Waals surface area contributed by atoms with Crippen molar-refractivity contribution in [3.63, 3.8) is 0 Å². The van der Waals surface area contributed by atoms with Gasteiger partial charge in [-0.15, -0.1) is 0 Å². The molecule has 5 nitrogen and oxygen atoms in total. The Labute approximate surface area is 134 Å². The molecule has 0 fully saturated rings. The van der Waals surface area contributed by atoms with Gasteiger partial charge < -0.3 is 4.90 Å². The van der Waals surface area contributed by atoms with Crippen LogP contribution in [-0.4, -0.2) is 39.0 Å². The molecule has 3 heterocycles. The van der Waals surface area contributed by atoms with E-state index in [2.05, 4.69) is 22.2 Å². The maximum atomic E-state index is 12.2. The number of carbonyl (C=O) groups excluding carboxylic acids is 1. The monoisotopic (exact) mass is 306 g/mol. The first-order valence-electron chi connectivity index (χ1n) is 7.75. The van der Waals surface area contributed by atoms with Gasteiger partial charge in [0.1, 0.15) is 0 Å². The average molecular weight is 306 g/mol. The van der Waals surface area contributed by atoms with E-state index in [1.54, 1.807) is 4.90 Å². The Morgan fingerprint density at radius 3 is 2.83 bits per heavy atom. The Hall–Kier alpha value is -2.69. The highest BCUT2D eigenvalue weighted by Gasteiger charge is 2.21. The average Bonchev–Trinajstić information content (AvgIpc) is 2.92. The lowest BCUT2D eigenvalue weighted by atomic mass is 9.95. The van der Waals surface area contributed by atoms with Crippen LogP contribution in [0.1, 0.15) is 27.2 Å². The van der Waals surface area contributed by atoms with E-state index < -0.39 is 0 Å². The Balaban J connectivity index is 1.84. The molecule has 1 aliphatic rings. The molecule has 0 saturated heterocycles. The van der Waals surface area contributed by atoms with Crippen LogP contribution in [0.25, 0.3) is 16.9 Å². The van der Waals surface area contributed by atoms with Crippen molar-refractivity contribution in [3.05, 3.63) is 52.8 Å². The largest absolute Gasteiger partial charge is 0.341 e. The van der Waals surface area contributed by atoms with Gasteiger partial charge >= 0.3 is 0 Å². The molecule has 116 valence electrons. The topological polar surface area (TPSA) is 50.5 Å². The number of aryl methyl sites for hydroxylation is 2. The van der Waals surface area contributed by atoms with Crippen molar-refractivity contribution in [1.82, 2.24) is 19.5 Å². The number of benzene rings is 1. The zero-order chi connectivity index (χ0) is 16.1. The number of nitrogens with zero attached hydrogens (tertiary/aromatic N) is 4. The molecule has 0 saturated carbocycles. The fourth-order valence-corrected chi connectivity index (χ4v) is 3.15. The summed E-state index contributed by atoms with van der Waals surface area (Å²) < 4.78 is 1.83. The minimum atomic E-state index is 0.0997. The van der Waals surface area contributed by atoms with Crippen LogP contribution in [0.5, 0.6) is 0 Å². The van der Waals surface area contributed by atoms with Gasteiger partial charge in [-0.05, 0) is 49.6 Å². The van der Waals surface area contributed by atoms with E-state index in [1.807, 2.05) is 43.7 Å². The van der Waals surface area contributed by atoms with Crippen molar-refractivity contribution in [2.24, 2.45) is 0 Å². The van der Waals surface area contributed by atoms with Crippen LogP contribution in [-0.2, 0) is 6.42 Å².